The smallest absolute Gasteiger partial charge is 0.320 e. The van der Waals surface area contributed by atoms with E-state index >= 15 is 0 Å². The lowest BCUT2D eigenvalue weighted by Gasteiger charge is -2.09. The molecule has 0 radical (unpaired) electrons. The number of rotatable bonds is 0. The van der Waals surface area contributed by atoms with Gasteiger partial charge in [0.15, 0.2) is 0 Å². The third kappa shape index (κ3) is 2.70. The Morgan fingerprint density at radius 2 is 1.93 bits per heavy atom. The zero-order chi connectivity index (χ0) is 11.5. The summed E-state index contributed by atoms with van der Waals surface area (Å²) in [5, 5.41) is 0. The second kappa shape index (κ2) is 4.32. The maximum Gasteiger partial charge on any atom is 0.420 e. The van der Waals surface area contributed by atoms with Crippen LogP contribution in [0.25, 0.3) is 0 Å². The number of nitrogens with two attached hydrogens (primary N) is 1. The van der Waals surface area contributed by atoms with E-state index in [1.807, 2.05) is 0 Å². The Morgan fingerprint density at radius 3 is 2.47 bits per heavy atom. The first kappa shape index (κ1) is 11.5. The van der Waals surface area contributed by atoms with Crippen LogP contribution in [0.1, 0.15) is 11.1 Å². The molecule has 0 amide bonds. The summed E-state index contributed by atoms with van der Waals surface area (Å²) in [4.78, 5) is 0. The number of hydrogen-bond donors (Lipinski definition) is 1. The molecule has 1 aromatic carbocycles. The first-order chi connectivity index (χ1) is 6.96. The van der Waals surface area contributed by atoms with Crippen LogP contribution in [0, 0.1) is 17.7 Å². The van der Waals surface area contributed by atoms with E-state index in [1.54, 1.807) is 0 Å². The third-order valence-corrected chi connectivity index (χ3v) is 1.62. The van der Waals surface area contributed by atoms with Gasteiger partial charge >= 0.3 is 6.18 Å². The number of alkyl halides is 3. The van der Waals surface area contributed by atoms with Gasteiger partial charge in [0.1, 0.15) is 11.4 Å². The molecular formula is C10H7F4N. The van der Waals surface area contributed by atoms with E-state index in [-0.39, 0.29) is 6.54 Å². The molecule has 1 rings (SSSR count). The Hall–Kier alpha value is -1.54. The SMILES string of the molecule is NCC#Cc1cccc(F)c1C(F)(F)F. The van der Waals surface area contributed by atoms with Gasteiger partial charge in [-0.3, -0.25) is 0 Å². The van der Waals surface area contributed by atoms with Crippen molar-refractivity contribution in [2.24, 2.45) is 5.73 Å². The summed E-state index contributed by atoms with van der Waals surface area (Å²) in [6, 6.07) is 3.02. The molecule has 0 saturated heterocycles. The van der Waals surface area contributed by atoms with Crippen molar-refractivity contribution in [2.75, 3.05) is 6.54 Å². The molecule has 0 saturated carbocycles. The van der Waals surface area contributed by atoms with Crippen LogP contribution in [0.5, 0.6) is 0 Å². The van der Waals surface area contributed by atoms with Gasteiger partial charge in [0.25, 0.3) is 0 Å². The number of hydrogen-bond acceptors (Lipinski definition) is 1. The van der Waals surface area contributed by atoms with Gasteiger partial charge in [-0.1, -0.05) is 17.9 Å². The summed E-state index contributed by atoms with van der Waals surface area (Å²) in [6.45, 7) is -0.0756. The molecule has 0 bridgehead atoms. The van der Waals surface area contributed by atoms with Crippen molar-refractivity contribution < 1.29 is 17.6 Å². The van der Waals surface area contributed by atoms with Crippen LogP contribution < -0.4 is 5.73 Å². The summed E-state index contributed by atoms with van der Waals surface area (Å²) >= 11 is 0. The van der Waals surface area contributed by atoms with E-state index < -0.39 is 23.1 Å². The van der Waals surface area contributed by atoms with Crippen LogP contribution in [0.3, 0.4) is 0 Å². The molecule has 1 aromatic rings. The van der Waals surface area contributed by atoms with Crippen LogP contribution in [0.2, 0.25) is 0 Å². The largest absolute Gasteiger partial charge is 0.420 e. The molecule has 0 aliphatic rings. The molecule has 0 aliphatic heterocycles. The molecule has 0 spiro atoms. The van der Waals surface area contributed by atoms with Gasteiger partial charge in [0.2, 0.25) is 0 Å². The van der Waals surface area contributed by atoms with Gasteiger partial charge in [-0.15, -0.1) is 0 Å². The highest BCUT2D eigenvalue weighted by molar-refractivity contribution is 5.43. The maximum atomic E-state index is 13.0. The topological polar surface area (TPSA) is 26.0 Å². The molecule has 15 heavy (non-hydrogen) atoms. The fraction of sp³-hybridized carbons (Fsp3) is 0.200. The molecule has 0 aliphatic carbocycles. The minimum absolute atomic E-state index is 0.0756. The Kier molecular flexibility index (Phi) is 3.32. The lowest BCUT2D eigenvalue weighted by Crippen LogP contribution is -2.10. The van der Waals surface area contributed by atoms with Gasteiger partial charge in [0.05, 0.1) is 6.54 Å². The molecule has 0 aromatic heterocycles. The molecule has 0 atom stereocenters. The second-order valence-corrected chi connectivity index (χ2v) is 2.67. The van der Waals surface area contributed by atoms with E-state index in [0.717, 1.165) is 12.1 Å². The van der Waals surface area contributed by atoms with Crippen LogP contribution in [0.4, 0.5) is 17.6 Å². The predicted octanol–water partition coefficient (Wildman–Crippen LogP) is 2.15. The summed E-state index contributed by atoms with van der Waals surface area (Å²) in [6.07, 6.45) is -4.75. The highest BCUT2D eigenvalue weighted by Gasteiger charge is 2.36. The monoisotopic (exact) mass is 217 g/mol. The summed E-state index contributed by atoms with van der Waals surface area (Å²) in [7, 11) is 0. The predicted molar refractivity (Wildman–Crippen MR) is 47.3 cm³/mol. The molecule has 0 fully saturated rings. The van der Waals surface area contributed by atoms with Crippen molar-refractivity contribution in [1.82, 2.24) is 0 Å². The van der Waals surface area contributed by atoms with Crippen molar-refractivity contribution >= 4 is 0 Å². The summed E-state index contributed by atoms with van der Waals surface area (Å²) in [5.41, 5.74) is 3.29. The molecule has 0 unspecified atom stereocenters. The summed E-state index contributed by atoms with van der Waals surface area (Å²) in [5.74, 6) is 3.11. The fourth-order valence-electron chi connectivity index (χ4n) is 1.06. The van der Waals surface area contributed by atoms with Gasteiger partial charge in [-0.2, -0.15) is 13.2 Å². The quantitative estimate of drug-likeness (QED) is 0.523. The van der Waals surface area contributed by atoms with Gasteiger partial charge in [-0.25, -0.2) is 4.39 Å². The van der Waals surface area contributed by atoms with Crippen molar-refractivity contribution in [2.45, 2.75) is 6.18 Å². The normalized spacial score (nSPS) is 10.7. The Labute approximate surface area is 83.9 Å². The van der Waals surface area contributed by atoms with E-state index in [2.05, 4.69) is 11.8 Å². The summed E-state index contributed by atoms with van der Waals surface area (Å²) < 4.78 is 50.1. The standard InChI is InChI=1S/C10H7F4N/c11-8-5-1-3-7(4-2-6-15)9(8)10(12,13)14/h1,3,5H,6,15H2. The zero-order valence-corrected chi connectivity index (χ0v) is 7.53. The fourth-order valence-corrected chi connectivity index (χ4v) is 1.06. The zero-order valence-electron chi connectivity index (χ0n) is 7.53. The van der Waals surface area contributed by atoms with E-state index in [4.69, 9.17) is 5.73 Å². The number of benzene rings is 1. The lowest BCUT2D eigenvalue weighted by atomic mass is 10.1. The first-order valence-electron chi connectivity index (χ1n) is 4.01. The first-order valence-corrected chi connectivity index (χ1v) is 4.01. The highest BCUT2D eigenvalue weighted by Crippen LogP contribution is 2.33. The van der Waals surface area contributed by atoms with Crippen molar-refractivity contribution in [1.29, 1.82) is 0 Å². The Bertz CT molecular complexity index is 412. The maximum absolute atomic E-state index is 13.0. The average molecular weight is 217 g/mol. The third-order valence-electron chi connectivity index (χ3n) is 1.62. The average Bonchev–Trinajstić information content (AvgIpc) is 2.12. The second-order valence-electron chi connectivity index (χ2n) is 2.67. The van der Waals surface area contributed by atoms with Crippen LogP contribution in [-0.4, -0.2) is 6.54 Å². The Balaban J connectivity index is 3.33. The van der Waals surface area contributed by atoms with E-state index in [9.17, 15) is 17.6 Å². The minimum atomic E-state index is -4.75. The molecule has 0 heterocycles. The molecule has 5 heteroatoms. The number of halogens is 4. The van der Waals surface area contributed by atoms with Gasteiger partial charge < -0.3 is 5.73 Å². The lowest BCUT2D eigenvalue weighted by molar-refractivity contribution is -0.140. The molecule has 1 nitrogen and oxygen atoms in total. The van der Waals surface area contributed by atoms with Crippen LogP contribution in [-0.2, 0) is 6.18 Å². The van der Waals surface area contributed by atoms with Crippen LogP contribution in [0.15, 0.2) is 18.2 Å². The van der Waals surface area contributed by atoms with Gasteiger partial charge in [-0.05, 0) is 12.1 Å². The van der Waals surface area contributed by atoms with Crippen molar-refractivity contribution in [3.05, 3.63) is 35.1 Å². The highest BCUT2D eigenvalue weighted by atomic mass is 19.4. The van der Waals surface area contributed by atoms with E-state index in [0.29, 0.717) is 0 Å². The Morgan fingerprint density at radius 1 is 1.27 bits per heavy atom. The minimum Gasteiger partial charge on any atom is -0.320 e. The van der Waals surface area contributed by atoms with Crippen LogP contribution >= 0.6 is 0 Å². The molecule has 80 valence electrons. The molecular weight excluding hydrogens is 210 g/mol. The van der Waals surface area contributed by atoms with Crippen molar-refractivity contribution in [3.8, 4) is 11.8 Å². The van der Waals surface area contributed by atoms with E-state index in [1.165, 1.54) is 6.07 Å². The van der Waals surface area contributed by atoms with Gasteiger partial charge in [0, 0.05) is 5.56 Å². The molecule has 2 N–H and O–H groups in total. The van der Waals surface area contributed by atoms with Crippen molar-refractivity contribution in [3.63, 3.8) is 0 Å².